The lowest BCUT2D eigenvalue weighted by molar-refractivity contribution is -0.116. The maximum Gasteiger partial charge on any atom is 0.341 e. The monoisotopic (exact) mass is 457 g/mol. The van der Waals surface area contributed by atoms with Gasteiger partial charge in [-0.2, -0.15) is 5.10 Å². The van der Waals surface area contributed by atoms with E-state index in [-0.39, 0.29) is 17.9 Å². The third-order valence-corrected chi connectivity index (χ3v) is 6.16. The minimum Gasteiger partial charge on any atom is -0.465 e. The van der Waals surface area contributed by atoms with Crippen molar-refractivity contribution < 1.29 is 19.1 Å². The van der Waals surface area contributed by atoms with Gasteiger partial charge in [-0.3, -0.25) is 9.59 Å². The van der Waals surface area contributed by atoms with Gasteiger partial charge in [-0.05, 0) is 49.1 Å². The van der Waals surface area contributed by atoms with Crippen molar-refractivity contribution in [1.82, 2.24) is 14.6 Å². The molecule has 0 bridgehead atoms. The summed E-state index contributed by atoms with van der Waals surface area (Å²) in [6.07, 6.45) is 2.73. The number of nitrogens with two attached hydrogens (primary N) is 1. The van der Waals surface area contributed by atoms with Crippen molar-refractivity contribution in [3.8, 4) is 0 Å². The SMILES string of the molecule is COC(=O)c1c(CC(C)C)csc1NC(=O)CCc1c(C)nc2c(C(N)=O)cnn2c1C. The number of rotatable bonds is 8. The molecular formula is C22H27N5O4S. The van der Waals surface area contributed by atoms with E-state index < -0.39 is 11.9 Å². The predicted octanol–water partition coefficient (Wildman–Crippen LogP) is 3.06. The maximum atomic E-state index is 12.7. The van der Waals surface area contributed by atoms with E-state index in [2.05, 4.69) is 29.2 Å². The number of fused-ring (bicyclic) bond motifs is 1. The number of carbonyl (C=O) groups is 3. The second-order valence-corrected chi connectivity index (χ2v) is 8.90. The molecule has 0 radical (unpaired) electrons. The fraction of sp³-hybridized carbons (Fsp3) is 0.409. The largest absolute Gasteiger partial charge is 0.465 e. The van der Waals surface area contributed by atoms with Crippen molar-refractivity contribution in [1.29, 1.82) is 0 Å². The number of aryl methyl sites for hydroxylation is 2. The quantitative estimate of drug-likeness (QED) is 0.500. The highest BCUT2D eigenvalue weighted by Gasteiger charge is 2.22. The molecule has 32 heavy (non-hydrogen) atoms. The molecule has 0 fully saturated rings. The van der Waals surface area contributed by atoms with Crippen molar-refractivity contribution in [2.45, 2.75) is 47.0 Å². The Morgan fingerprint density at radius 3 is 2.62 bits per heavy atom. The number of amides is 2. The molecule has 0 spiro atoms. The van der Waals surface area contributed by atoms with Crippen LogP contribution in [0.1, 0.15) is 63.5 Å². The van der Waals surface area contributed by atoms with E-state index >= 15 is 0 Å². The van der Waals surface area contributed by atoms with Crippen molar-refractivity contribution >= 4 is 39.8 Å². The molecule has 0 aliphatic carbocycles. The van der Waals surface area contributed by atoms with Crippen LogP contribution in [-0.2, 0) is 22.4 Å². The number of carbonyl (C=O) groups excluding carboxylic acids is 3. The Hall–Kier alpha value is -3.27. The molecule has 3 heterocycles. The van der Waals surface area contributed by atoms with E-state index in [1.807, 2.05) is 19.2 Å². The molecule has 0 saturated carbocycles. The second kappa shape index (κ2) is 9.47. The molecule has 9 nitrogen and oxygen atoms in total. The summed E-state index contributed by atoms with van der Waals surface area (Å²) in [5.74, 6) is -0.900. The number of aromatic nitrogens is 3. The van der Waals surface area contributed by atoms with Crippen LogP contribution < -0.4 is 11.1 Å². The van der Waals surface area contributed by atoms with Crippen LogP contribution in [0, 0.1) is 19.8 Å². The van der Waals surface area contributed by atoms with Gasteiger partial charge in [0.25, 0.3) is 5.91 Å². The normalized spacial score (nSPS) is 11.2. The van der Waals surface area contributed by atoms with Crippen LogP contribution in [0.2, 0.25) is 0 Å². The highest BCUT2D eigenvalue weighted by atomic mass is 32.1. The number of thiophene rings is 1. The van der Waals surface area contributed by atoms with Crippen LogP contribution >= 0.6 is 11.3 Å². The van der Waals surface area contributed by atoms with Crippen LogP contribution in [0.3, 0.4) is 0 Å². The van der Waals surface area contributed by atoms with Gasteiger partial charge >= 0.3 is 5.97 Å². The molecule has 2 amide bonds. The molecule has 0 aliphatic heterocycles. The summed E-state index contributed by atoms with van der Waals surface area (Å²) in [5.41, 5.74) is 9.70. The first-order valence-corrected chi connectivity index (χ1v) is 11.1. The molecule has 0 aromatic carbocycles. The van der Waals surface area contributed by atoms with Crippen LogP contribution in [0.15, 0.2) is 11.6 Å². The average molecular weight is 458 g/mol. The van der Waals surface area contributed by atoms with Gasteiger partial charge in [-0.25, -0.2) is 14.3 Å². The molecule has 3 aromatic heterocycles. The van der Waals surface area contributed by atoms with Gasteiger partial charge in [0, 0.05) is 17.8 Å². The topological polar surface area (TPSA) is 129 Å². The third kappa shape index (κ3) is 4.64. The Morgan fingerprint density at radius 2 is 2.00 bits per heavy atom. The lowest BCUT2D eigenvalue weighted by atomic mass is 10.0. The summed E-state index contributed by atoms with van der Waals surface area (Å²) in [6, 6.07) is 0. The average Bonchev–Trinajstić information content (AvgIpc) is 3.31. The van der Waals surface area contributed by atoms with Crippen LogP contribution in [-0.4, -0.2) is 39.5 Å². The minimum absolute atomic E-state index is 0.191. The summed E-state index contributed by atoms with van der Waals surface area (Å²) in [7, 11) is 1.33. The molecule has 0 aliphatic rings. The van der Waals surface area contributed by atoms with Crippen molar-refractivity contribution in [3.63, 3.8) is 0 Å². The summed E-state index contributed by atoms with van der Waals surface area (Å²) >= 11 is 1.32. The predicted molar refractivity (Wildman–Crippen MR) is 122 cm³/mol. The fourth-order valence-corrected chi connectivity index (χ4v) is 4.66. The number of primary amides is 1. The Labute approximate surface area is 190 Å². The van der Waals surface area contributed by atoms with Crippen LogP contribution in [0.5, 0.6) is 0 Å². The number of nitrogens with one attached hydrogen (secondary N) is 1. The third-order valence-electron chi connectivity index (χ3n) is 5.21. The van der Waals surface area contributed by atoms with E-state index in [1.165, 1.54) is 24.6 Å². The van der Waals surface area contributed by atoms with E-state index in [0.717, 1.165) is 23.2 Å². The molecule has 3 rings (SSSR count). The zero-order valence-electron chi connectivity index (χ0n) is 18.8. The lowest BCUT2D eigenvalue weighted by Crippen LogP contribution is -2.16. The number of anilines is 1. The van der Waals surface area contributed by atoms with Crippen molar-refractivity contribution in [2.24, 2.45) is 11.7 Å². The number of ether oxygens (including phenoxy) is 1. The Kier molecular flexibility index (Phi) is 6.93. The first-order chi connectivity index (χ1) is 15.1. The molecule has 10 heteroatoms. The summed E-state index contributed by atoms with van der Waals surface area (Å²) in [5, 5.41) is 9.45. The van der Waals surface area contributed by atoms with Gasteiger partial charge in [-0.1, -0.05) is 13.8 Å². The number of esters is 1. The number of hydrogen-bond donors (Lipinski definition) is 2. The van der Waals surface area contributed by atoms with Gasteiger partial charge < -0.3 is 15.8 Å². The highest BCUT2D eigenvalue weighted by Crippen LogP contribution is 2.31. The Balaban J connectivity index is 1.78. The molecular weight excluding hydrogens is 430 g/mol. The van der Waals surface area contributed by atoms with Gasteiger partial charge in [0.1, 0.15) is 10.6 Å². The fourth-order valence-electron chi connectivity index (χ4n) is 3.68. The lowest BCUT2D eigenvalue weighted by Gasteiger charge is -2.12. The number of hydrogen-bond acceptors (Lipinski definition) is 7. The second-order valence-electron chi connectivity index (χ2n) is 8.02. The van der Waals surface area contributed by atoms with Crippen LogP contribution in [0.4, 0.5) is 5.00 Å². The number of methoxy groups -OCH3 is 1. The minimum atomic E-state index is -0.590. The molecule has 3 N–H and O–H groups in total. The smallest absolute Gasteiger partial charge is 0.341 e. The zero-order valence-corrected chi connectivity index (χ0v) is 19.6. The van der Waals surface area contributed by atoms with Crippen molar-refractivity contribution in [2.75, 3.05) is 12.4 Å². The molecule has 0 saturated heterocycles. The van der Waals surface area contributed by atoms with E-state index in [1.54, 1.807) is 4.52 Å². The maximum absolute atomic E-state index is 12.7. The van der Waals surface area contributed by atoms with Crippen LogP contribution in [0.25, 0.3) is 5.65 Å². The van der Waals surface area contributed by atoms with E-state index in [4.69, 9.17) is 10.5 Å². The van der Waals surface area contributed by atoms with Crippen molar-refractivity contribution in [3.05, 3.63) is 45.2 Å². The Bertz CT molecular complexity index is 1190. The van der Waals surface area contributed by atoms with E-state index in [9.17, 15) is 14.4 Å². The van der Waals surface area contributed by atoms with Gasteiger partial charge in [0.15, 0.2) is 5.65 Å². The molecule has 170 valence electrons. The summed E-state index contributed by atoms with van der Waals surface area (Å²) in [6.45, 7) is 7.82. The molecule has 0 atom stereocenters. The summed E-state index contributed by atoms with van der Waals surface area (Å²) in [4.78, 5) is 41.0. The molecule has 0 unspecified atom stereocenters. The van der Waals surface area contributed by atoms with E-state index in [0.29, 0.717) is 34.2 Å². The van der Waals surface area contributed by atoms with Gasteiger partial charge in [-0.15, -0.1) is 11.3 Å². The van der Waals surface area contributed by atoms with Gasteiger partial charge in [0.2, 0.25) is 5.91 Å². The first kappa shape index (κ1) is 23.4. The first-order valence-electron chi connectivity index (χ1n) is 10.3. The number of nitrogens with zero attached hydrogens (tertiary/aromatic N) is 3. The highest BCUT2D eigenvalue weighted by molar-refractivity contribution is 7.15. The van der Waals surface area contributed by atoms with Gasteiger partial charge in [0.05, 0.1) is 18.9 Å². The summed E-state index contributed by atoms with van der Waals surface area (Å²) < 4.78 is 6.49. The molecule has 3 aromatic rings. The zero-order chi connectivity index (χ0) is 23.6. The Morgan fingerprint density at radius 1 is 1.28 bits per heavy atom. The standard InChI is InChI=1S/C22H27N5O4S/c1-11(2)8-14-10-32-21(18(14)22(30)31-5)26-17(28)7-6-15-12(3)25-20-16(19(23)29)9-24-27(20)13(15)4/h9-11H,6-8H2,1-5H3,(H2,23,29)(H,26,28).